The van der Waals surface area contributed by atoms with Crippen molar-refractivity contribution in [2.24, 2.45) is 5.92 Å². The molecule has 1 aromatic carbocycles. The van der Waals surface area contributed by atoms with Crippen LogP contribution in [-0.2, 0) is 0 Å². The zero-order valence-corrected chi connectivity index (χ0v) is 11.4. The highest BCUT2D eigenvalue weighted by Gasteiger charge is 2.32. The first kappa shape index (κ1) is 12.9. The molecule has 0 bridgehead atoms. The van der Waals surface area contributed by atoms with Crippen molar-refractivity contribution in [1.29, 1.82) is 0 Å². The highest BCUT2D eigenvalue weighted by molar-refractivity contribution is 6.01. The van der Waals surface area contributed by atoms with E-state index in [1.807, 2.05) is 29.2 Å². The van der Waals surface area contributed by atoms with Crippen molar-refractivity contribution in [1.82, 2.24) is 4.90 Å². The number of hydrogen-bond donors (Lipinski definition) is 1. The van der Waals surface area contributed by atoms with Gasteiger partial charge in [-0.05, 0) is 24.5 Å². The predicted octanol–water partition coefficient (Wildman–Crippen LogP) is 3.34. The summed E-state index contributed by atoms with van der Waals surface area (Å²) < 4.78 is 0. The van der Waals surface area contributed by atoms with E-state index in [0.29, 0.717) is 5.92 Å². The van der Waals surface area contributed by atoms with Gasteiger partial charge in [0.1, 0.15) is 6.17 Å². The third-order valence-electron chi connectivity index (χ3n) is 3.44. The van der Waals surface area contributed by atoms with Crippen molar-refractivity contribution >= 4 is 11.6 Å². The average Bonchev–Trinajstić information content (AvgIpc) is 2.37. The van der Waals surface area contributed by atoms with Crippen LogP contribution < -0.4 is 5.32 Å². The van der Waals surface area contributed by atoms with Gasteiger partial charge in [-0.1, -0.05) is 39.3 Å². The fraction of sp³-hybridized carbons (Fsp3) is 0.533. The maximum atomic E-state index is 12.5. The van der Waals surface area contributed by atoms with Crippen molar-refractivity contribution in [2.45, 2.75) is 39.8 Å². The number of nitrogens with one attached hydrogen (secondary N) is 1. The second kappa shape index (κ2) is 5.42. The molecule has 1 aliphatic rings. The molecule has 1 atom stereocenters. The molecule has 3 nitrogen and oxygen atoms in total. The van der Waals surface area contributed by atoms with Crippen molar-refractivity contribution in [2.75, 3.05) is 11.9 Å². The molecular weight excluding hydrogens is 224 g/mol. The molecule has 1 aromatic rings. The number of unbranched alkanes of at least 4 members (excludes halogenated alkanes) is 1. The minimum absolute atomic E-state index is 0.110. The molecule has 1 N–H and O–H groups in total. The van der Waals surface area contributed by atoms with Crippen LogP contribution in [0.2, 0.25) is 0 Å². The van der Waals surface area contributed by atoms with Crippen LogP contribution in [0, 0.1) is 5.92 Å². The number of hydrogen-bond acceptors (Lipinski definition) is 2. The summed E-state index contributed by atoms with van der Waals surface area (Å²) in [5.74, 6) is 0.565. The minimum atomic E-state index is 0.110. The Balaban J connectivity index is 2.30. The molecule has 1 unspecified atom stereocenters. The Morgan fingerprint density at radius 2 is 2.06 bits per heavy atom. The lowest BCUT2D eigenvalue weighted by molar-refractivity contribution is 0.0636. The van der Waals surface area contributed by atoms with E-state index in [0.717, 1.165) is 30.6 Å². The fourth-order valence-electron chi connectivity index (χ4n) is 2.41. The Morgan fingerprint density at radius 3 is 2.72 bits per heavy atom. The van der Waals surface area contributed by atoms with E-state index in [-0.39, 0.29) is 12.1 Å². The number of nitrogens with zero attached hydrogens (tertiary/aromatic N) is 1. The van der Waals surface area contributed by atoms with Gasteiger partial charge in [0.25, 0.3) is 5.91 Å². The maximum Gasteiger partial charge on any atom is 0.257 e. The third-order valence-corrected chi connectivity index (χ3v) is 3.44. The Hall–Kier alpha value is -1.51. The van der Waals surface area contributed by atoms with Gasteiger partial charge in [0, 0.05) is 12.2 Å². The first-order valence-corrected chi connectivity index (χ1v) is 6.81. The molecule has 18 heavy (non-hydrogen) atoms. The number of anilines is 1. The first-order chi connectivity index (χ1) is 8.65. The van der Waals surface area contributed by atoms with E-state index in [9.17, 15) is 4.79 Å². The van der Waals surface area contributed by atoms with Gasteiger partial charge >= 0.3 is 0 Å². The zero-order valence-electron chi connectivity index (χ0n) is 11.4. The Kier molecular flexibility index (Phi) is 3.90. The zero-order chi connectivity index (χ0) is 13.1. The predicted molar refractivity (Wildman–Crippen MR) is 74.6 cm³/mol. The molecule has 1 aliphatic heterocycles. The van der Waals surface area contributed by atoms with Gasteiger partial charge in [0.15, 0.2) is 0 Å². The van der Waals surface area contributed by atoms with Crippen molar-refractivity contribution in [3.05, 3.63) is 29.8 Å². The molecule has 0 saturated heterocycles. The third kappa shape index (κ3) is 2.35. The smallest absolute Gasteiger partial charge is 0.257 e. The number of carbonyl (C=O) groups is 1. The van der Waals surface area contributed by atoms with Crippen molar-refractivity contribution < 1.29 is 4.79 Å². The fourth-order valence-corrected chi connectivity index (χ4v) is 2.41. The van der Waals surface area contributed by atoms with E-state index in [4.69, 9.17) is 0 Å². The monoisotopic (exact) mass is 246 g/mol. The summed E-state index contributed by atoms with van der Waals surface area (Å²) >= 11 is 0. The lowest BCUT2D eigenvalue weighted by Gasteiger charge is -2.40. The molecule has 0 saturated carbocycles. The van der Waals surface area contributed by atoms with Crippen LogP contribution in [0.3, 0.4) is 0 Å². The van der Waals surface area contributed by atoms with E-state index >= 15 is 0 Å². The van der Waals surface area contributed by atoms with E-state index in [1.165, 1.54) is 0 Å². The highest BCUT2D eigenvalue weighted by Crippen LogP contribution is 2.28. The van der Waals surface area contributed by atoms with Crippen LogP contribution in [0.25, 0.3) is 0 Å². The van der Waals surface area contributed by atoms with Crippen LogP contribution in [0.4, 0.5) is 5.69 Å². The van der Waals surface area contributed by atoms with E-state index in [1.54, 1.807) is 0 Å². The van der Waals surface area contributed by atoms with Gasteiger partial charge in [-0.25, -0.2) is 0 Å². The molecule has 0 aromatic heterocycles. The number of amides is 1. The molecule has 0 radical (unpaired) electrons. The normalized spacial score (nSPS) is 18.8. The molecule has 1 amide bonds. The maximum absolute atomic E-state index is 12.5. The second-order valence-corrected chi connectivity index (χ2v) is 5.23. The number of fused-ring (bicyclic) bond motifs is 1. The quantitative estimate of drug-likeness (QED) is 0.883. The van der Waals surface area contributed by atoms with E-state index < -0.39 is 0 Å². The Morgan fingerprint density at radius 1 is 1.33 bits per heavy atom. The first-order valence-electron chi connectivity index (χ1n) is 6.81. The molecule has 0 fully saturated rings. The number of rotatable bonds is 4. The SMILES string of the molecule is CCCCN1C(=O)c2ccccc2NC1C(C)C. The Bertz CT molecular complexity index is 428. The summed E-state index contributed by atoms with van der Waals surface area (Å²) in [6, 6.07) is 7.78. The lowest BCUT2D eigenvalue weighted by Crippen LogP contribution is -2.51. The van der Waals surface area contributed by atoms with Gasteiger partial charge in [-0.15, -0.1) is 0 Å². The molecule has 0 spiro atoms. The lowest BCUT2D eigenvalue weighted by atomic mass is 10.0. The van der Waals surface area contributed by atoms with Gasteiger partial charge < -0.3 is 10.2 Å². The number of para-hydroxylation sites is 1. The minimum Gasteiger partial charge on any atom is -0.364 e. The van der Waals surface area contributed by atoms with Crippen molar-refractivity contribution in [3.63, 3.8) is 0 Å². The molecular formula is C15H22N2O. The topological polar surface area (TPSA) is 32.3 Å². The van der Waals surface area contributed by atoms with Gasteiger partial charge in [0.2, 0.25) is 0 Å². The number of carbonyl (C=O) groups excluding carboxylic acids is 1. The summed E-state index contributed by atoms with van der Waals surface area (Å²) in [5, 5.41) is 3.49. The highest BCUT2D eigenvalue weighted by atomic mass is 16.2. The van der Waals surface area contributed by atoms with Crippen LogP contribution in [-0.4, -0.2) is 23.5 Å². The molecule has 2 rings (SSSR count). The van der Waals surface area contributed by atoms with Gasteiger partial charge in [-0.3, -0.25) is 4.79 Å². The largest absolute Gasteiger partial charge is 0.364 e. The summed E-state index contributed by atoms with van der Waals surface area (Å²) in [6.07, 6.45) is 2.27. The van der Waals surface area contributed by atoms with Gasteiger partial charge in [-0.2, -0.15) is 0 Å². The summed E-state index contributed by atoms with van der Waals surface area (Å²) in [5.41, 5.74) is 1.76. The molecule has 98 valence electrons. The second-order valence-electron chi connectivity index (χ2n) is 5.23. The van der Waals surface area contributed by atoms with Crippen LogP contribution in [0.1, 0.15) is 44.0 Å². The molecule has 3 heteroatoms. The summed E-state index contributed by atoms with van der Waals surface area (Å²) in [4.78, 5) is 14.5. The van der Waals surface area contributed by atoms with Crippen molar-refractivity contribution in [3.8, 4) is 0 Å². The standard InChI is InChI=1S/C15H22N2O/c1-4-5-10-17-14(11(2)3)16-13-9-7-6-8-12(13)15(17)18/h6-9,11,14,16H,4-5,10H2,1-3H3. The Labute approximate surface area is 109 Å². The summed E-state index contributed by atoms with van der Waals surface area (Å²) in [6.45, 7) is 7.29. The molecule has 1 heterocycles. The van der Waals surface area contributed by atoms with Gasteiger partial charge in [0.05, 0.1) is 5.56 Å². The van der Waals surface area contributed by atoms with Crippen LogP contribution in [0.5, 0.6) is 0 Å². The molecule has 0 aliphatic carbocycles. The van der Waals surface area contributed by atoms with Crippen LogP contribution >= 0.6 is 0 Å². The average molecular weight is 246 g/mol. The summed E-state index contributed by atoms with van der Waals surface area (Å²) in [7, 11) is 0. The van der Waals surface area contributed by atoms with Crippen LogP contribution in [0.15, 0.2) is 24.3 Å². The number of benzene rings is 1. The van der Waals surface area contributed by atoms with E-state index in [2.05, 4.69) is 26.1 Å².